The van der Waals surface area contributed by atoms with Gasteiger partial charge in [0.05, 0.1) is 0 Å². The van der Waals surface area contributed by atoms with E-state index in [1.807, 2.05) is 6.08 Å². The van der Waals surface area contributed by atoms with Crippen molar-refractivity contribution in [3.05, 3.63) is 24.8 Å². The summed E-state index contributed by atoms with van der Waals surface area (Å²) >= 11 is 0. The second-order valence-corrected chi connectivity index (χ2v) is 4.63. The van der Waals surface area contributed by atoms with Crippen LogP contribution in [-0.4, -0.2) is 0 Å². The van der Waals surface area contributed by atoms with E-state index in [9.17, 15) is 0 Å². The lowest BCUT2D eigenvalue weighted by Crippen LogP contribution is -2.04. The van der Waals surface area contributed by atoms with Crippen molar-refractivity contribution in [2.45, 2.75) is 59.3 Å². The Bertz CT molecular complexity index is 167. The molecule has 0 aliphatic rings. The van der Waals surface area contributed by atoms with E-state index in [1.165, 1.54) is 32.1 Å². The van der Waals surface area contributed by atoms with Crippen LogP contribution in [0, 0.1) is 11.8 Å². The van der Waals surface area contributed by atoms with Gasteiger partial charge in [0.1, 0.15) is 0 Å². The minimum Gasteiger partial charge on any atom is -0.103 e. The first-order valence-electron chi connectivity index (χ1n) is 6.49. The molecule has 2 atom stereocenters. The second kappa shape index (κ2) is 10.0. The van der Waals surface area contributed by atoms with Gasteiger partial charge in [0.25, 0.3) is 0 Å². The van der Waals surface area contributed by atoms with Crippen molar-refractivity contribution in [1.29, 1.82) is 0 Å². The molecule has 0 radical (unpaired) electrons. The monoisotopic (exact) mass is 208 g/mol. The maximum absolute atomic E-state index is 3.77. The lowest BCUT2D eigenvalue weighted by atomic mass is 9.91. The van der Waals surface area contributed by atoms with Gasteiger partial charge in [-0.1, -0.05) is 51.8 Å². The fourth-order valence-corrected chi connectivity index (χ4v) is 1.66. The summed E-state index contributed by atoms with van der Waals surface area (Å²) in [5, 5.41) is 0. The lowest BCUT2D eigenvalue weighted by Gasteiger charge is -2.15. The van der Waals surface area contributed by atoms with Gasteiger partial charge in [0.15, 0.2) is 0 Å². The Morgan fingerprint density at radius 2 is 1.87 bits per heavy atom. The first-order chi connectivity index (χ1) is 7.22. The predicted octanol–water partition coefficient (Wildman–Crippen LogP) is 5.36. The minimum absolute atomic E-state index is 0.714. The van der Waals surface area contributed by atoms with E-state index >= 15 is 0 Å². The molecule has 0 aromatic heterocycles. The van der Waals surface area contributed by atoms with E-state index < -0.39 is 0 Å². The SMILES string of the molecule is C=CCCC(C)C(C)C=CCCCCC. The zero-order chi connectivity index (χ0) is 11.5. The molecule has 0 fully saturated rings. The van der Waals surface area contributed by atoms with Gasteiger partial charge in [-0.25, -0.2) is 0 Å². The molecule has 0 aliphatic carbocycles. The first kappa shape index (κ1) is 14.5. The molecule has 0 bridgehead atoms. The molecule has 0 spiro atoms. The fourth-order valence-electron chi connectivity index (χ4n) is 1.66. The Labute approximate surface area is 96.5 Å². The third-order valence-electron chi connectivity index (χ3n) is 3.14. The van der Waals surface area contributed by atoms with Crippen molar-refractivity contribution in [3.63, 3.8) is 0 Å². The normalized spacial score (nSPS) is 15.4. The Kier molecular flexibility index (Phi) is 9.67. The molecule has 0 saturated carbocycles. The van der Waals surface area contributed by atoms with Crippen LogP contribution in [0.15, 0.2) is 24.8 Å². The molecule has 0 saturated heterocycles. The van der Waals surface area contributed by atoms with Gasteiger partial charge in [0.2, 0.25) is 0 Å². The van der Waals surface area contributed by atoms with Gasteiger partial charge in [0, 0.05) is 0 Å². The van der Waals surface area contributed by atoms with Crippen LogP contribution in [0.25, 0.3) is 0 Å². The van der Waals surface area contributed by atoms with Crippen LogP contribution in [0.3, 0.4) is 0 Å². The van der Waals surface area contributed by atoms with Gasteiger partial charge in [-0.2, -0.15) is 0 Å². The largest absolute Gasteiger partial charge is 0.103 e. The summed E-state index contributed by atoms with van der Waals surface area (Å²) in [4.78, 5) is 0. The van der Waals surface area contributed by atoms with Crippen molar-refractivity contribution in [1.82, 2.24) is 0 Å². The Morgan fingerprint density at radius 3 is 2.47 bits per heavy atom. The van der Waals surface area contributed by atoms with Gasteiger partial charge in [-0.05, 0) is 37.5 Å². The van der Waals surface area contributed by atoms with Crippen molar-refractivity contribution >= 4 is 0 Å². The molecule has 88 valence electrons. The average molecular weight is 208 g/mol. The van der Waals surface area contributed by atoms with Crippen LogP contribution in [0.4, 0.5) is 0 Å². The number of allylic oxidation sites excluding steroid dienone is 3. The van der Waals surface area contributed by atoms with Crippen molar-refractivity contribution < 1.29 is 0 Å². The highest BCUT2D eigenvalue weighted by Gasteiger charge is 2.07. The van der Waals surface area contributed by atoms with Gasteiger partial charge in [-0.15, -0.1) is 6.58 Å². The van der Waals surface area contributed by atoms with Gasteiger partial charge in [-0.3, -0.25) is 0 Å². The van der Waals surface area contributed by atoms with Crippen LogP contribution in [0.5, 0.6) is 0 Å². The highest BCUT2D eigenvalue weighted by atomic mass is 14.1. The molecule has 0 heteroatoms. The summed E-state index contributed by atoms with van der Waals surface area (Å²) in [5.74, 6) is 1.50. The molecular formula is C15H28. The zero-order valence-corrected chi connectivity index (χ0v) is 10.8. The van der Waals surface area contributed by atoms with Gasteiger partial charge < -0.3 is 0 Å². The van der Waals surface area contributed by atoms with E-state index in [1.54, 1.807) is 0 Å². The maximum atomic E-state index is 3.77. The van der Waals surface area contributed by atoms with Crippen LogP contribution in [-0.2, 0) is 0 Å². The van der Waals surface area contributed by atoms with Crippen LogP contribution in [0.1, 0.15) is 59.3 Å². The average Bonchev–Trinajstić information content (AvgIpc) is 2.25. The van der Waals surface area contributed by atoms with E-state index in [-0.39, 0.29) is 0 Å². The number of unbranched alkanes of at least 4 members (excludes halogenated alkanes) is 3. The van der Waals surface area contributed by atoms with E-state index in [0.29, 0.717) is 5.92 Å². The molecule has 0 aliphatic heterocycles. The summed E-state index contributed by atoms with van der Waals surface area (Å²) in [6.45, 7) is 10.7. The lowest BCUT2D eigenvalue weighted by molar-refractivity contribution is 0.431. The Balaban J connectivity index is 3.60. The molecule has 0 aromatic rings. The topological polar surface area (TPSA) is 0 Å². The molecule has 15 heavy (non-hydrogen) atoms. The molecule has 0 heterocycles. The van der Waals surface area contributed by atoms with E-state index in [2.05, 4.69) is 39.5 Å². The van der Waals surface area contributed by atoms with Crippen LogP contribution in [0.2, 0.25) is 0 Å². The minimum atomic E-state index is 0.714. The van der Waals surface area contributed by atoms with E-state index in [0.717, 1.165) is 12.3 Å². The van der Waals surface area contributed by atoms with Crippen LogP contribution < -0.4 is 0 Å². The summed E-state index contributed by atoms with van der Waals surface area (Å²) in [6, 6.07) is 0. The highest BCUT2D eigenvalue weighted by Crippen LogP contribution is 2.18. The zero-order valence-electron chi connectivity index (χ0n) is 10.8. The third kappa shape index (κ3) is 8.47. The summed E-state index contributed by atoms with van der Waals surface area (Å²) < 4.78 is 0. The molecule has 0 aromatic carbocycles. The van der Waals surface area contributed by atoms with Gasteiger partial charge >= 0.3 is 0 Å². The summed E-state index contributed by atoms with van der Waals surface area (Å²) in [6.07, 6.45) is 14.5. The molecule has 0 amide bonds. The molecule has 0 N–H and O–H groups in total. The summed E-state index contributed by atoms with van der Waals surface area (Å²) in [5.41, 5.74) is 0. The molecular weight excluding hydrogens is 180 g/mol. The summed E-state index contributed by atoms with van der Waals surface area (Å²) in [7, 11) is 0. The maximum Gasteiger partial charge on any atom is -0.0236 e. The quantitative estimate of drug-likeness (QED) is 0.353. The van der Waals surface area contributed by atoms with E-state index in [4.69, 9.17) is 0 Å². The standard InChI is InChI=1S/C15H28/c1-5-7-9-10-11-13-15(4)14(3)12-8-6-2/h6,11,13-15H,2,5,7-10,12H2,1,3-4H3. The number of hydrogen-bond donors (Lipinski definition) is 0. The predicted molar refractivity (Wildman–Crippen MR) is 71.0 cm³/mol. The Hall–Kier alpha value is -0.520. The van der Waals surface area contributed by atoms with Crippen molar-refractivity contribution in [3.8, 4) is 0 Å². The Morgan fingerprint density at radius 1 is 1.13 bits per heavy atom. The number of rotatable bonds is 9. The smallest absolute Gasteiger partial charge is 0.0236 e. The second-order valence-electron chi connectivity index (χ2n) is 4.63. The first-order valence-corrected chi connectivity index (χ1v) is 6.49. The molecule has 0 rings (SSSR count). The molecule has 0 nitrogen and oxygen atoms in total. The van der Waals surface area contributed by atoms with Crippen molar-refractivity contribution in [2.24, 2.45) is 11.8 Å². The number of hydrogen-bond acceptors (Lipinski definition) is 0. The fraction of sp³-hybridized carbons (Fsp3) is 0.733. The van der Waals surface area contributed by atoms with Crippen molar-refractivity contribution in [2.75, 3.05) is 0 Å². The molecule has 2 unspecified atom stereocenters. The highest BCUT2D eigenvalue weighted by molar-refractivity contribution is 4.89. The van der Waals surface area contributed by atoms with Crippen LogP contribution >= 0.6 is 0 Å². The third-order valence-corrected chi connectivity index (χ3v) is 3.14.